The molecule has 7 heteroatoms. The second-order valence-corrected chi connectivity index (χ2v) is 4.87. The summed E-state index contributed by atoms with van der Waals surface area (Å²) < 4.78 is 7.53. The van der Waals surface area contributed by atoms with Gasteiger partial charge in [-0.05, 0) is 37.6 Å². The van der Waals surface area contributed by atoms with Gasteiger partial charge >= 0.3 is 23.9 Å². The summed E-state index contributed by atoms with van der Waals surface area (Å²) in [4.78, 5) is 13.4. The van der Waals surface area contributed by atoms with E-state index in [0.29, 0.717) is 29.7 Å². The zero-order valence-electron chi connectivity index (χ0n) is 12.9. The van der Waals surface area contributed by atoms with Crippen LogP contribution < -0.4 is 10.5 Å². The number of hydrogen-bond donors (Lipinski definition) is 1. The summed E-state index contributed by atoms with van der Waals surface area (Å²) in [7, 11) is 1.91. The molecule has 113 valence electrons. The number of ether oxygens (including phenoxy) is 1. The van der Waals surface area contributed by atoms with E-state index in [0.717, 1.165) is 16.7 Å². The van der Waals surface area contributed by atoms with Gasteiger partial charge < -0.3 is 15.0 Å². The monoisotopic (exact) mass is 404 g/mol. The van der Waals surface area contributed by atoms with Crippen LogP contribution in [0.5, 0.6) is 5.75 Å². The molecule has 0 aromatic carbocycles. The van der Waals surface area contributed by atoms with E-state index in [9.17, 15) is 0 Å². The predicted molar refractivity (Wildman–Crippen MR) is 89.2 cm³/mol. The summed E-state index contributed by atoms with van der Waals surface area (Å²) >= 11 is 0. The molecule has 3 aromatic heterocycles. The second kappa shape index (κ2) is 6.51. The van der Waals surface area contributed by atoms with Gasteiger partial charge in [-0.25, -0.2) is 15.0 Å². The van der Waals surface area contributed by atoms with E-state index >= 15 is 0 Å². The summed E-state index contributed by atoms with van der Waals surface area (Å²) in [6.45, 7) is 4.48. The molecule has 3 aromatic rings. The molecular weight excluding hydrogens is 385 g/mol. The van der Waals surface area contributed by atoms with Crippen molar-refractivity contribution in [3.8, 4) is 17.3 Å². The Kier molecular flexibility index (Phi) is 4.90. The number of nitrogens with zero attached hydrogens (tertiary/aromatic N) is 4. The van der Waals surface area contributed by atoms with Crippen molar-refractivity contribution < 1.29 is 4.74 Å². The van der Waals surface area contributed by atoms with E-state index in [1.807, 2.05) is 43.8 Å². The van der Waals surface area contributed by atoms with Crippen LogP contribution in [-0.4, -0.2) is 50.0 Å². The second-order valence-electron chi connectivity index (χ2n) is 4.87. The normalized spacial score (nSPS) is 10.5. The van der Waals surface area contributed by atoms with Crippen LogP contribution in [0.3, 0.4) is 0 Å². The number of pyridine rings is 2. The van der Waals surface area contributed by atoms with Crippen LogP contribution in [0.2, 0.25) is 0 Å². The first-order valence-electron chi connectivity index (χ1n) is 6.79. The van der Waals surface area contributed by atoms with Gasteiger partial charge in [0.2, 0.25) is 0 Å². The molecular formula is C15H18N5OSn. The molecule has 0 bridgehead atoms. The first-order valence-corrected chi connectivity index (χ1v) is 6.79. The van der Waals surface area contributed by atoms with Crippen molar-refractivity contribution in [1.29, 1.82) is 0 Å². The zero-order chi connectivity index (χ0) is 15.0. The van der Waals surface area contributed by atoms with Crippen LogP contribution >= 0.6 is 0 Å². The first kappa shape index (κ1) is 16.5. The van der Waals surface area contributed by atoms with Crippen LogP contribution in [0.15, 0.2) is 24.4 Å². The van der Waals surface area contributed by atoms with Crippen molar-refractivity contribution in [3.63, 3.8) is 0 Å². The van der Waals surface area contributed by atoms with Crippen molar-refractivity contribution in [2.45, 2.75) is 13.8 Å². The molecule has 0 aliphatic heterocycles. The fourth-order valence-corrected chi connectivity index (χ4v) is 2.28. The SMILES string of the molecule is CCOc1ccc(N)nc1-c1nc2cc(C)cnc2n1C.[SnH]. The molecule has 0 aliphatic rings. The Morgan fingerprint density at radius 3 is 2.77 bits per heavy atom. The number of nitrogen functional groups attached to an aromatic ring is 1. The van der Waals surface area contributed by atoms with Crippen LogP contribution in [0.1, 0.15) is 12.5 Å². The Morgan fingerprint density at radius 2 is 2.05 bits per heavy atom. The third kappa shape index (κ3) is 2.87. The number of hydrogen-bond acceptors (Lipinski definition) is 5. The summed E-state index contributed by atoms with van der Waals surface area (Å²) in [6, 6.07) is 5.54. The summed E-state index contributed by atoms with van der Waals surface area (Å²) in [6.07, 6.45) is 1.82. The molecule has 3 rings (SSSR count). The van der Waals surface area contributed by atoms with Crippen molar-refractivity contribution in [2.75, 3.05) is 12.3 Å². The number of aryl methyl sites for hydroxylation is 2. The van der Waals surface area contributed by atoms with Crippen LogP contribution in [0.25, 0.3) is 22.7 Å². The molecule has 3 radical (unpaired) electrons. The Balaban J connectivity index is 0.00000176. The first-order chi connectivity index (χ1) is 10.1. The van der Waals surface area contributed by atoms with Crippen molar-refractivity contribution >= 4 is 40.9 Å². The molecule has 0 saturated carbocycles. The molecule has 0 fully saturated rings. The standard InChI is InChI=1S/C15H17N5O.Sn.H/c1-4-21-11-5-6-12(16)19-13(11)15-18-10-7-9(2)8-17-14(10)20(15)3;;/h5-8H,4H2,1-3H3,(H2,16,19);;. The average molecular weight is 403 g/mol. The van der Waals surface area contributed by atoms with E-state index < -0.39 is 0 Å². The summed E-state index contributed by atoms with van der Waals surface area (Å²) in [5.74, 6) is 1.80. The summed E-state index contributed by atoms with van der Waals surface area (Å²) in [5, 5.41) is 0. The minimum absolute atomic E-state index is 0. The van der Waals surface area contributed by atoms with Gasteiger partial charge in [-0.2, -0.15) is 0 Å². The third-order valence-electron chi connectivity index (χ3n) is 3.24. The molecule has 0 unspecified atom stereocenters. The van der Waals surface area contributed by atoms with Gasteiger partial charge in [0.1, 0.15) is 17.1 Å². The van der Waals surface area contributed by atoms with Crippen molar-refractivity contribution in [1.82, 2.24) is 19.5 Å². The van der Waals surface area contributed by atoms with Crippen LogP contribution in [-0.2, 0) is 7.05 Å². The maximum absolute atomic E-state index is 5.81. The number of rotatable bonds is 3. The van der Waals surface area contributed by atoms with E-state index in [1.54, 1.807) is 6.07 Å². The van der Waals surface area contributed by atoms with Gasteiger partial charge in [-0.3, -0.25) is 0 Å². The third-order valence-corrected chi connectivity index (χ3v) is 3.24. The fourth-order valence-electron chi connectivity index (χ4n) is 2.28. The molecule has 22 heavy (non-hydrogen) atoms. The van der Waals surface area contributed by atoms with E-state index in [2.05, 4.69) is 15.0 Å². The number of fused-ring (bicyclic) bond motifs is 1. The molecule has 3 heterocycles. The fraction of sp³-hybridized carbons (Fsp3) is 0.267. The Labute approximate surface area is 145 Å². The Bertz CT molecular complexity index is 815. The van der Waals surface area contributed by atoms with Crippen LogP contribution in [0.4, 0.5) is 5.82 Å². The molecule has 0 aliphatic carbocycles. The maximum atomic E-state index is 5.81. The van der Waals surface area contributed by atoms with Gasteiger partial charge in [0.05, 0.1) is 6.61 Å². The van der Waals surface area contributed by atoms with Gasteiger partial charge in [-0.15, -0.1) is 0 Å². The van der Waals surface area contributed by atoms with E-state index in [-0.39, 0.29) is 23.9 Å². The van der Waals surface area contributed by atoms with E-state index in [4.69, 9.17) is 10.5 Å². The van der Waals surface area contributed by atoms with Gasteiger partial charge in [0.15, 0.2) is 17.2 Å². The molecule has 0 spiro atoms. The van der Waals surface area contributed by atoms with Crippen molar-refractivity contribution in [3.05, 3.63) is 30.0 Å². The summed E-state index contributed by atoms with van der Waals surface area (Å²) in [5.41, 5.74) is 9.15. The number of imidazole rings is 1. The zero-order valence-corrected chi connectivity index (χ0v) is 16.2. The van der Waals surface area contributed by atoms with E-state index in [1.165, 1.54) is 0 Å². The molecule has 0 amide bonds. The Hall–Kier alpha value is -1.83. The average Bonchev–Trinajstić information content (AvgIpc) is 2.77. The van der Waals surface area contributed by atoms with Gasteiger partial charge in [0, 0.05) is 13.2 Å². The number of nitrogens with two attached hydrogens (primary N) is 1. The number of anilines is 1. The molecule has 0 atom stereocenters. The van der Waals surface area contributed by atoms with Crippen LogP contribution in [0, 0.1) is 6.92 Å². The predicted octanol–water partition coefficient (Wildman–Crippen LogP) is 1.67. The molecule has 0 saturated heterocycles. The topological polar surface area (TPSA) is 78.8 Å². The Morgan fingerprint density at radius 1 is 1.27 bits per heavy atom. The molecule has 6 nitrogen and oxygen atoms in total. The van der Waals surface area contributed by atoms with Gasteiger partial charge in [0.25, 0.3) is 0 Å². The quantitative estimate of drug-likeness (QED) is 0.674. The van der Waals surface area contributed by atoms with Gasteiger partial charge in [-0.1, -0.05) is 0 Å². The number of aromatic nitrogens is 4. The molecule has 2 N–H and O–H groups in total. The minimum atomic E-state index is 0. The van der Waals surface area contributed by atoms with Crippen molar-refractivity contribution in [2.24, 2.45) is 7.05 Å².